The average Bonchev–Trinajstić information content (AvgIpc) is 2.51. The molecule has 0 amide bonds. The Balaban J connectivity index is 2.13. The molecule has 0 N–H and O–H groups in total. The molecule has 98 valence electrons. The van der Waals surface area contributed by atoms with Gasteiger partial charge in [0.15, 0.2) is 0 Å². The van der Waals surface area contributed by atoms with E-state index in [0.29, 0.717) is 11.1 Å². The first-order valence-corrected chi connectivity index (χ1v) is 6.20. The molecule has 0 bridgehead atoms. The fourth-order valence-electron chi connectivity index (χ4n) is 2.13. The zero-order valence-electron chi connectivity index (χ0n) is 10.6. The van der Waals surface area contributed by atoms with Crippen molar-refractivity contribution in [3.8, 4) is 22.3 Å². The summed E-state index contributed by atoms with van der Waals surface area (Å²) in [7, 11) is 0. The molecule has 1 heterocycles. The fourth-order valence-corrected chi connectivity index (χ4v) is 2.13. The minimum Gasteiger partial charge on any atom is -0.264 e. The van der Waals surface area contributed by atoms with Crippen molar-refractivity contribution in [3.05, 3.63) is 78.6 Å². The van der Waals surface area contributed by atoms with Gasteiger partial charge >= 0.3 is 0 Å². The maximum Gasteiger partial charge on any atom is 0.131 e. The SMILES string of the molecule is Fc1cc(-c2cccnc2)c(F)cc1-c1ccccc1. The molecule has 1 nitrogen and oxygen atoms in total. The number of nitrogens with zero attached hydrogens (tertiary/aromatic N) is 1. The molecule has 20 heavy (non-hydrogen) atoms. The molecule has 3 heteroatoms. The predicted octanol–water partition coefficient (Wildman–Crippen LogP) is 4.69. The molecule has 0 fully saturated rings. The van der Waals surface area contributed by atoms with Crippen molar-refractivity contribution in [2.45, 2.75) is 0 Å². The van der Waals surface area contributed by atoms with Crippen LogP contribution in [0.25, 0.3) is 22.3 Å². The first kappa shape index (κ1) is 12.5. The van der Waals surface area contributed by atoms with Crippen LogP contribution in [0.4, 0.5) is 8.78 Å². The van der Waals surface area contributed by atoms with Crippen molar-refractivity contribution in [3.63, 3.8) is 0 Å². The quantitative estimate of drug-likeness (QED) is 0.656. The summed E-state index contributed by atoms with van der Waals surface area (Å²) in [5, 5.41) is 0. The van der Waals surface area contributed by atoms with Crippen LogP contribution in [0.15, 0.2) is 67.0 Å². The second kappa shape index (κ2) is 5.21. The van der Waals surface area contributed by atoms with E-state index in [1.807, 2.05) is 6.07 Å². The molecule has 0 aliphatic heterocycles. The van der Waals surface area contributed by atoms with Gasteiger partial charge in [0.05, 0.1) is 0 Å². The van der Waals surface area contributed by atoms with E-state index >= 15 is 0 Å². The first-order valence-electron chi connectivity index (χ1n) is 6.20. The minimum atomic E-state index is -0.460. The highest BCUT2D eigenvalue weighted by atomic mass is 19.1. The van der Waals surface area contributed by atoms with Gasteiger partial charge in [0, 0.05) is 29.1 Å². The second-order valence-corrected chi connectivity index (χ2v) is 4.42. The Morgan fingerprint density at radius 2 is 1.30 bits per heavy atom. The third-order valence-electron chi connectivity index (χ3n) is 3.11. The number of hydrogen-bond donors (Lipinski definition) is 0. The van der Waals surface area contributed by atoms with E-state index in [2.05, 4.69) is 4.98 Å². The maximum absolute atomic E-state index is 14.2. The zero-order valence-corrected chi connectivity index (χ0v) is 10.6. The summed E-state index contributed by atoms with van der Waals surface area (Å²) in [4.78, 5) is 3.92. The molecule has 0 aliphatic rings. The van der Waals surface area contributed by atoms with Gasteiger partial charge in [0.25, 0.3) is 0 Å². The highest BCUT2D eigenvalue weighted by molar-refractivity contribution is 5.71. The number of halogens is 2. The lowest BCUT2D eigenvalue weighted by Gasteiger charge is -2.08. The molecule has 1 aromatic heterocycles. The molecule has 0 unspecified atom stereocenters. The normalized spacial score (nSPS) is 10.5. The summed E-state index contributed by atoms with van der Waals surface area (Å²) in [5.41, 5.74) is 1.69. The van der Waals surface area contributed by atoms with Crippen LogP contribution in [0.2, 0.25) is 0 Å². The van der Waals surface area contributed by atoms with Crippen LogP contribution in [0.3, 0.4) is 0 Å². The van der Waals surface area contributed by atoms with Gasteiger partial charge in [-0.05, 0) is 23.8 Å². The number of rotatable bonds is 2. The van der Waals surface area contributed by atoms with E-state index in [-0.39, 0.29) is 11.1 Å². The minimum absolute atomic E-state index is 0.218. The van der Waals surface area contributed by atoms with E-state index < -0.39 is 11.6 Å². The molecule has 0 spiro atoms. The Labute approximate surface area is 115 Å². The van der Waals surface area contributed by atoms with Gasteiger partial charge in [0.1, 0.15) is 11.6 Å². The summed E-state index contributed by atoms with van der Waals surface area (Å²) in [6.45, 7) is 0. The molecule has 3 aromatic rings. The van der Waals surface area contributed by atoms with Gasteiger partial charge in [-0.25, -0.2) is 8.78 Å². The van der Waals surface area contributed by atoms with E-state index in [4.69, 9.17) is 0 Å². The van der Waals surface area contributed by atoms with Crippen molar-refractivity contribution < 1.29 is 8.78 Å². The van der Waals surface area contributed by atoms with Crippen molar-refractivity contribution in [2.24, 2.45) is 0 Å². The molecule has 0 saturated carbocycles. The van der Waals surface area contributed by atoms with Crippen LogP contribution in [-0.4, -0.2) is 4.98 Å². The fraction of sp³-hybridized carbons (Fsp3) is 0. The lowest BCUT2D eigenvalue weighted by atomic mass is 10.00. The van der Waals surface area contributed by atoms with Crippen LogP contribution >= 0.6 is 0 Å². The van der Waals surface area contributed by atoms with Gasteiger partial charge in [-0.3, -0.25) is 4.98 Å². The standard InChI is InChI=1S/C17H11F2N/c18-16-10-15(13-7-4-8-20-11-13)17(19)9-14(16)12-5-2-1-3-6-12/h1-11H. The van der Waals surface area contributed by atoms with Crippen LogP contribution in [0.1, 0.15) is 0 Å². The topological polar surface area (TPSA) is 12.9 Å². The molecular weight excluding hydrogens is 256 g/mol. The van der Waals surface area contributed by atoms with Crippen molar-refractivity contribution in [2.75, 3.05) is 0 Å². The molecule has 0 saturated heterocycles. The lowest BCUT2D eigenvalue weighted by molar-refractivity contribution is 0.606. The van der Waals surface area contributed by atoms with Crippen molar-refractivity contribution >= 4 is 0 Å². The van der Waals surface area contributed by atoms with E-state index in [9.17, 15) is 8.78 Å². The van der Waals surface area contributed by atoms with Crippen molar-refractivity contribution in [1.29, 1.82) is 0 Å². The number of pyridine rings is 1. The molecule has 2 aromatic carbocycles. The van der Waals surface area contributed by atoms with Gasteiger partial charge in [0.2, 0.25) is 0 Å². The molecule has 3 rings (SSSR count). The molecular formula is C17H11F2N. The summed E-state index contributed by atoms with van der Waals surface area (Å²) in [5.74, 6) is -0.908. The largest absolute Gasteiger partial charge is 0.264 e. The van der Waals surface area contributed by atoms with Gasteiger partial charge in [-0.15, -0.1) is 0 Å². The third-order valence-corrected chi connectivity index (χ3v) is 3.11. The Morgan fingerprint density at radius 1 is 0.700 bits per heavy atom. The highest BCUT2D eigenvalue weighted by Crippen LogP contribution is 2.30. The summed E-state index contributed by atoms with van der Waals surface area (Å²) >= 11 is 0. The number of hydrogen-bond acceptors (Lipinski definition) is 1. The first-order chi connectivity index (χ1) is 9.75. The summed E-state index contributed by atoms with van der Waals surface area (Å²) in [6, 6.07) is 14.8. The smallest absolute Gasteiger partial charge is 0.131 e. The van der Waals surface area contributed by atoms with Gasteiger partial charge in [-0.2, -0.15) is 0 Å². The van der Waals surface area contributed by atoms with Crippen LogP contribution in [0, 0.1) is 11.6 Å². The van der Waals surface area contributed by atoms with Crippen LogP contribution in [0.5, 0.6) is 0 Å². The van der Waals surface area contributed by atoms with E-state index in [0.717, 1.165) is 0 Å². The predicted molar refractivity (Wildman–Crippen MR) is 75.0 cm³/mol. The second-order valence-electron chi connectivity index (χ2n) is 4.42. The van der Waals surface area contributed by atoms with E-state index in [1.54, 1.807) is 42.6 Å². The highest BCUT2D eigenvalue weighted by Gasteiger charge is 2.12. The van der Waals surface area contributed by atoms with Gasteiger partial charge < -0.3 is 0 Å². The number of aromatic nitrogens is 1. The van der Waals surface area contributed by atoms with Crippen molar-refractivity contribution in [1.82, 2.24) is 4.98 Å². The lowest BCUT2D eigenvalue weighted by Crippen LogP contribution is -1.91. The van der Waals surface area contributed by atoms with Gasteiger partial charge in [-0.1, -0.05) is 36.4 Å². The Morgan fingerprint density at radius 3 is 1.90 bits per heavy atom. The van der Waals surface area contributed by atoms with Crippen LogP contribution in [-0.2, 0) is 0 Å². The van der Waals surface area contributed by atoms with Crippen LogP contribution < -0.4 is 0 Å². The molecule has 0 atom stereocenters. The Bertz CT molecular complexity index is 659. The van der Waals surface area contributed by atoms with E-state index in [1.165, 1.54) is 18.3 Å². The average molecular weight is 267 g/mol. The Hall–Kier alpha value is -2.55. The third kappa shape index (κ3) is 2.30. The summed E-state index contributed by atoms with van der Waals surface area (Å²) in [6.07, 6.45) is 3.11. The zero-order chi connectivity index (χ0) is 13.9. The Kier molecular flexibility index (Phi) is 3.25. The molecule has 0 radical (unpaired) electrons. The maximum atomic E-state index is 14.2. The molecule has 0 aliphatic carbocycles. The summed E-state index contributed by atoms with van der Waals surface area (Å²) < 4.78 is 28.4. The number of benzene rings is 2. The monoisotopic (exact) mass is 267 g/mol.